The topological polar surface area (TPSA) is 71.3 Å². The lowest BCUT2D eigenvalue weighted by Crippen LogP contribution is -2.16. The molecule has 0 aliphatic carbocycles. The van der Waals surface area contributed by atoms with E-state index in [4.69, 9.17) is 29.8 Å². The van der Waals surface area contributed by atoms with Gasteiger partial charge >= 0.3 is 0 Å². The first kappa shape index (κ1) is 16.0. The van der Waals surface area contributed by atoms with E-state index in [2.05, 4.69) is 15.1 Å². The predicted molar refractivity (Wildman–Crippen MR) is 85.0 cm³/mol. The van der Waals surface area contributed by atoms with Crippen molar-refractivity contribution in [3.63, 3.8) is 0 Å². The van der Waals surface area contributed by atoms with Gasteiger partial charge in [-0.3, -0.25) is 9.36 Å². The second kappa shape index (κ2) is 6.18. The molecule has 1 aromatic heterocycles. The van der Waals surface area contributed by atoms with Gasteiger partial charge in [-0.1, -0.05) is 23.2 Å². The van der Waals surface area contributed by atoms with Crippen LogP contribution in [0.25, 0.3) is 4.85 Å². The molecule has 2 aromatic rings. The molecular weight excluding hydrogens is 327 g/mol. The normalized spacial score (nSPS) is 10.9. The van der Waals surface area contributed by atoms with Crippen molar-refractivity contribution in [3.8, 4) is 5.88 Å². The zero-order valence-electron chi connectivity index (χ0n) is 11.6. The van der Waals surface area contributed by atoms with Crippen LogP contribution in [0, 0.1) is 13.5 Å². The van der Waals surface area contributed by atoms with E-state index in [1.165, 1.54) is 20.0 Å². The Morgan fingerprint density at radius 1 is 1.27 bits per heavy atom. The molecule has 0 aliphatic rings. The predicted octanol–water partition coefficient (Wildman–Crippen LogP) is 4.67. The highest BCUT2D eigenvalue weighted by molar-refractivity contribution is 6.42. The maximum atomic E-state index is 12.1. The number of rotatable bonds is 2. The number of aromatic hydroxyl groups is 1. The summed E-state index contributed by atoms with van der Waals surface area (Å²) < 4.78 is 0.948. The largest absolute Gasteiger partial charge is 0.503 e. The second-order valence-electron chi connectivity index (χ2n) is 4.42. The fourth-order valence-corrected chi connectivity index (χ4v) is 2.05. The standard InChI is InChI=1S/C14H10Cl2N4O2/c1-7-11(17-2)13(21)20(3)14(22)12(7)19-18-8-4-5-9(15)10(16)6-8/h4-6,21H,1,3H3. The fraction of sp³-hybridized carbons (Fsp3) is 0.143. The van der Waals surface area contributed by atoms with E-state index in [1.807, 2.05) is 0 Å². The van der Waals surface area contributed by atoms with E-state index in [9.17, 15) is 9.90 Å². The van der Waals surface area contributed by atoms with E-state index >= 15 is 0 Å². The molecule has 0 saturated heterocycles. The van der Waals surface area contributed by atoms with Gasteiger partial charge in [0.15, 0.2) is 5.88 Å². The zero-order chi connectivity index (χ0) is 16.4. The van der Waals surface area contributed by atoms with Crippen LogP contribution in [0.5, 0.6) is 5.88 Å². The van der Waals surface area contributed by atoms with Gasteiger partial charge in [-0.15, -0.1) is 5.11 Å². The van der Waals surface area contributed by atoms with Crippen molar-refractivity contribution in [2.24, 2.45) is 17.3 Å². The third-order valence-electron chi connectivity index (χ3n) is 3.03. The van der Waals surface area contributed by atoms with E-state index in [1.54, 1.807) is 12.1 Å². The Bertz CT molecular complexity index is 882. The average Bonchev–Trinajstić information content (AvgIpc) is 2.49. The maximum Gasteiger partial charge on any atom is 0.278 e. The van der Waals surface area contributed by atoms with Gasteiger partial charge in [0.2, 0.25) is 5.69 Å². The van der Waals surface area contributed by atoms with Crippen molar-refractivity contribution in [1.29, 1.82) is 0 Å². The van der Waals surface area contributed by atoms with Crippen molar-refractivity contribution < 1.29 is 5.11 Å². The number of aromatic nitrogens is 1. The summed E-state index contributed by atoms with van der Waals surface area (Å²) in [5.74, 6) is -0.397. The number of halogens is 2. The molecular formula is C14H10Cl2N4O2. The van der Waals surface area contributed by atoms with Crippen molar-refractivity contribution in [1.82, 2.24) is 4.57 Å². The van der Waals surface area contributed by atoms with Crippen molar-refractivity contribution in [2.75, 3.05) is 0 Å². The molecule has 1 aromatic carbocycles. The van der Waals surface area contributed by atoms with Crippen molar-refractivity contribution in [2.45, 2.75) is 6.92 Å². The molecule has 6 nitrogen and oxygen atoms in total. The van der Waals surface area contributed by atoms with Crippen LogP contribution >= 0.6 is 23.2 Å². The third kappa shape index (κ3) is 2.82. The Balaban J connectivity index is 2.57. The maximum absolute atomic E-state index is 12.1. The third-order valence-corrected chi connectivity index (χ3v) is 3.77. The van der Waals surface area contributed by atoms with Crippen LogP contribution < -0.4 is 5.56 Å². The number of azo groups is 1. The van der Waals surface area contributed by atoms with Gasteiger partial charge in [0.25, 0.3) is 5.56 Å². The quantitative estimate of drug-likeness (QED) is 0.639. The molecule has 0 spiro atoms. The van der Waals surface area contributed by atoms with Crippen LogP contribution in [0.2, 0.25) is 10.0 Å². The second-order valence-corrected chi connectivity index (χ2v) is 5.23. The molecule has 0 fully saturated rings. The SMILES string of the molecule is [C-]#[N+]c1c(C)c(N=Nc2ccc(Cl)c(Cl)c2)c(=O)n(C)c1O. The Hall–Kier alpha value is -2.36. The van der Waals surface area contributed by atoms with Crippen LogP contribution in [-0.4, -0.2) is 9.67 Å². The summed E-state index contributed by atoms with van der Waals surface area (Å²) in [4.78, 5) is 15.3. The summed E-state index contributed by atoms with van der Waals surface area (Å²) in [7, 11) is 1.35. The minimum absolute atomic E-state index is 0.0163. The summed E-state index contributed by atoms with van der Waals surface area (Å²) >= 11 is 11.7. The number of benzene rings is 1. The molecule has 0 bridgehead atoms. The van der Waals surface area contributed by atoms with Gasteiger partial charge in [-0.2, -0.15) is 5.11 Å². The smallest absolute Gasteiger partial charge is 0.278 e. The lowest BCUT2D eigenvalue weighted by Gasteiger charge is -2.08. The van der Waals surface area contributed by atoms with E-state index in [0.717, 1.165) is 4.57 Å². The first-order valence-corrected chi connectivity index (χ1v) is 6.79. The molecule has 112 valence electrons. The Kier molecular flexibility index (Phi) is 4.50. The number of hydrogen-bond donors (Lipinski definition) is 1. The summed E-state index contributed by atoms with van der Waals surface area (Å²) in [5.41, 5.74) is 0.0708. The first-order chi connectivity index (χ1) is 10.4. The Labute approximate surface area is 136 Å². The van der Waals surface area contributed by atoms with Gasteiger partial charge in [0, 0.05) is 7.05 Å². The molecule has 0 aliphatic heterocycles. The summed E-state index contributed by atoms with van der Waals surface area (Å²) in [6.45, 7) is 8.61. The molecule has 22 heavy (non-hydrogen) atoms. The number of nitrogens with zero attached hydrogens (tertiary/aromatic N) is 4. The lowest BCUT2D eigenvalue weighted by molar-refractivity contribution is 0.426. The minimum atomic E-state index is -0.550. The van der Waals surface area contributed by atoms with Gasteiger partial charge < -0.3 is 5.11 Å². The monoisotopic (exact) mass is 336 g/mol. The first-order valence-electron chi connectivity index (χ1n) is 6.03. The van der Waals surface area contributed by atoms with Crippen LogP contribution in [0.15, 0.2) is 33.2 Å². The molecule has 0 amide bonds. The molecule has 1 N–H and O–H groups in total. The van der Waals surface area contributed by atoms with Gasteiger partial charge in [-0.25, -0.2) is 4.85 Å². The molecule has 1 heterocycles. The molecule has 0 unspecified atom stereocenters. The molecule has 0 atom stereocenters. The zero-order valence-corrected chi connectivity index (χ0v) is 13.1. The van der Waals surface area contributed by atoms with E-state index in [-0.39, 0.29) is 16.9 Å². The highest BCUT2D eigenvalue weighted by atomic mass is 35.5. The summed E-state index contributed by atoms with van der Waals surface area (Å²) in [6.07, 6.45) is 0. The Morgan fingerprint density at radius 2 is 1.95 bits per heavy atom. The van der Waals surface area contributed by atoms with Crippen LogP contribution in [-0.2, 0) is 7.05 Å². The van der Waals surface area contributed by atoms with Crippen LogP contribution in [0.4, 0.5) is 17.1 Å². The van der Waals surface area contributed by atoms with Crippen LogP contribution in [0.1, 0.15) is 5.56 Å². The Morgan fingerprint density at radius 3 is 2.55 bits per heavy atom. The molecule has 8 heteroatoms. The van der Waals surface area contributed by atoms with Gasteiger partial charge in [0.1, 0.15) is 5.69 Å². The summed E-state index contributed by atoms with van der Waals surface area (Å²) in [6, 6.07) is 4.65. The lowest BCUT2D eigenvalue weighted by atomic mass is 10.2. The van der Waals surface area contributed by atoms with E-state index in [0.29, 0.717) is 15.7 Å². The van der Waals surface area contributed by atoms with Crippen molar-refractivity contribution in [3.05, 3.63) is 55.6 Å². The van der Waals surface area contributed by atoms with Crippen molar-refractivity contribution >= 4 is 40.3 Å². The van der Waals surface area contributed by atoms with Crippen LogP contribution in [0.3, 0.4) is 0 Å². The average molecular weight is 337 g/mol. The number of hydrogen-bond acceptors (Lipinski definition) is 4. The van der Waals surface area contributed by atoms with Gasteiger partial charge in [-0.05, 0) is 30.7 Å². The summed E-state index contributed by atoms with van der Waals surface area (Å²) in [5, 5.41) is 18.3. The number of pyridine rings is 1. The fourth-order valence-electron chi connectivity index (χ4n) is 1.76. The molecule has 0 radical (unpaired) electrons. The molecule has 2 rings (SSSR count). The highest BCUT2D eigenvalue weighted by Gasteiger charge is 2.17. The highest BCUT2D eigenvalue weighted by Crippen LogP contribution is 2.34. The molecule has 0 saturated carbocycles. The van der Waals surface area contributed by atoms with E-state index < -0.39 is 11.4 Å². The minimum Gasteiger partial charge on any atom is -0.503 e. The van der Waals surface area contributed by atoms with Gasteiger partial charge in [0.05, 0.1) is 22.3 Å².